The molecule has 0 radical (unpaired) electrons. The Labute approximate surface area is 77.7 Å². The SMILES string of the molecule is NC(=O)C(O)CNC(=O)c1nn[nH]n1. The van der Waals surface area contributed by atoms with Crippen molar-refractivity contribution in [2.45, 2.75) is 6.10 Å². The second-order valence-corrected chi connectivity index (χ2v) is 2.36. The van der Waals surface area contributed by atoms with Crippen LogP contribution >= 0.6 is 0 Å². The molecule has 1 aromatic rings. The van der Waals surface area contributed by atoms with Crippen LogP contribution in [0.4, 0.5) is 0 Å². The summed E-state index contributed by atoms with van der Waals surface area (Å²) in [4.78, 5) is 21.4. The molecule has 0 saturated heterocycles. The topological polar surface area (TPSA) is 147 Å². The van der Waals surface area contributed by atoms with Crippen LogP contribution in [0.25, 0.3) is 0 Å². The summed E-state index contributed by atoms with van der Waals surface area (Å²) in [6.45, 7) is -0.289. The molecule has 0 fully saturated rings. The first-order chi connectivity index (χ1) is 6.61. The van der Waals surface area contributed by atoms with Gasteiger partial charge in [0.15, 0.2) is 0 Å². The third-order valence-corrected chi connectivity index (χ3v) is 1.33. The molecule has 0 aliphatic rings. The number of carbonyl (C=O) groups is 2. The summed E-state index contributed by atoms with van der Waals surface area (Å²) in [6.07, 6.45) is -1.43. The number of rotatable bonds is 4. The Morgan fingerprint density at radius 2 is 2.36 bits per heavy atom. The number of H-pyrrole nitrogens is 1. The fourth-order valence-electron chi connectivity index (χ4n) is 0.627. The van der Waals surface area contributed by atoms with Crippen LogP contribution in [0.3, 0.4) is 0 Å². The number of nitrogens with zero attached hydrogens (tertiary/aromatic N) is 3. The Morgan fingerprint density at radius 3 is 2.86 bits per heavy atom. The van der Waals surface area contributed by atoms with Gasteiger partial charge in [0.05, 0.1) is 6.54 Å². The standard InChI is InChI=1S/C5H8N6O3/c6-3(13)2(12)1-7-5(14)4-8-10-11-9-4/h2,12H,1H2,(H2,6,13)(H,7,14)(H,8,9,10,11). The average molecular weight is 200 g/mol. The van der Waals surface area contributed by atoms with Crippen LogP contribution in [0.2, 0.25) is 0 Å². The van der Waals surface area contributed by atoms with E-state index in [0.717, 1.165) is 0 Å². The van der Waals surface area contributed by atoms with Gasteiger partial charge in [0.2, 0.25) is 5.91 Å². The van der Waals surface area contributed by atoms with E-state index < -0.39 is 17.9 Å². The molecular formula is C5H8N6O3. The Hall–Kier alpha value is -2.03. The molecule has 0 saturated carbocycles. The van der Waals surface area contributed by atoms with Gasteiger partial charge < -0.3 is 16.2 Å². The van der Waals surface area contributed by atoms with Gasteiger partial charge >= 0.3 is 0 Å². The molecule has 0 spiro atoms. The van der Waals surface area contributed by atoms with E-state index in [4.69, 9.17) is 10.8 Å². The van der Waals surface area contributed by atoms with Crippen LogP contribution in [-0.2, 0) is 4.79 Å². The van der Waals surface area contributed by atoms with Crippen LogP contribution in [0.5, 0.6) is 0 Å². The lowest BCUT2D eigenvalue weighted by Crippen LogP contribution is -2.40. The minimum atomic E-state index is -1.43. The number of aromatic nitrogens is 4. The number of amides is 2. The molecule has 5 N–H and O–H groups in total. The number of aliphatic hydroxyl groups is 1. The molecule has 0 bridgehead atoms. The number of carbonyl (C=O) groups excluding carboxylic acids is 2. The van der Waals surface area contributed by atoms with Gasteiger partial charge in [-0.3, -0.25) is 9.59 Å². The van der Waals surface area contributed by atoms with Gasteiger partial charge in [0, 0.05) is 0 Å². The molecule has 2 amide bonds. The van der Waals surface area contributed by atoms with E-state index in [1.54, 1.807) is 0 Å². The van der Waals surface area contributed by atoms with Crippen molar-refractivity contribution < 1.29 is 14.7 Å². The molecule has 14 heavy (non-hydrogen) atoms. The lowest BCUT2D eigenvalue weighted by atomic mass is 10.3. The molecular weight excluding hydrogens is 192 g/mol. The van der Waals surface area contributed by atoms with Crippen LogP contribution in [0.1, 0.15) is 10.6 Å². The lowest BCUT2D eigenvalue weighted by molar-refractivity contribution is -0.125. The molecule has 1 rings (SSSR count). The Bertz CT molecular complexity index is 322. The number of nitrogens with two attached hydrogens (primary N) is 1. The molecule has 1 atom stereocenters. The van der Waals surface area contributed by atoms with E-state index in [1.165, 1.54) is 0 Å². The van der Waals surface area contributed by atoms with Gasteiger partial charge in [0.1, 0.15) is 6.10 Å². The maximum absolute atomic E-state index is 11.1. The van der Waals surface area contributed by atoms with Crippen molar-refractivity contribution in [1.29, 1.82) is 0 Å². The van der Waals surface area contributed by atoms with Gasteiger partial charge in [0.25, 0.3) is 11.7 Å². The van der Waals surface area contributed by atoms with E-state index in [2.05, 4.69) is 25.9 Å². The summed E-state index contributed by atoms with van der Waals surface area (Å²) >= 11 is 0. The first-order valence-corrected chi connectivity index (χ1v) is 3.60. The zero-order valence-corrected chi connectivity index (χ0v) is 6.97. The van der Waals surface area contributed by atoms with Crippen molar-refractivity contribution in [1.82, 2.24) is 25.9 Å². The predicted octanol–water partition coefficient (Wildman–Crippen LogP) is -3.22. The predicted molar refractivity (Wildman–Crippen MR) is 41.7 cm³/mol. The van der Waals surface area contributed by atoms with Crippen molar-refractivity contribution in [3.05, 3.63) is 5.82 Å². The zero-order valence-electron chi connectivity index (χ0n) is 6.97. The van der Waals surface area contributed by atoms with E-state index in [-0.39, 0.29) is 12.4 Å². The Kier molecular flexibility index (Phi) is 3.07. The summed E-state index contributed by atoms with van der Waals surface area (Å²) in [7, 11) is 0. The smallest absolute Gasteiger partial charge is 0.292 e. The maximum Gasteiger partial charge on any atom is 0.292 e. The highest BCUT2D eigenvalue weighted by Crippen LogP contribution is 1.84. The molecule has 1 aromatic heterocycles. The van der Waals surface area contributed by atoms with Gasteiger partial charge in [-0.05, 0) is 5.21 Å². The molecule has 76 valence electrons. The van der Waals surface area contributed by atoms with Crippen molar-refractivity contribution in [3.8, 4) is 0 Å². The summed E-state index contributed by atoms with van der Waals surface area (Å²) in [5.41, 5.74) is 4.75. The average Bonchev–Trinajstić information content (AvgIpc) is 2.66. The molecule has 1 heterocycles. The van der Waals surface area contributed by atoms with Crippen LogP contribution in [0.15, 0.2) is 0 Å². The molecule has 0 aliphatic carbocycles. The summed E-state index contributed by atoms with van der Waals surface area (Å²) in [6, 6.07) is 0. The minimum absolute atomic E-state index is 0.179. The molecule has 0 aromatic carbocycles. The highest BCUT2D eigenvalue weighted by atomic mass is 16.3. The van der Waals surface area contributed by atoms with E-state index in [0.29, 0.717) is 0 Å². The van der Waals surface area contributed by atoms with Gasteiger partial charge in [-0.25, -0.2) is 0 Å². The van der Waals surface area contributed by atoms with Crippen molar-refractivity contribution in [3.63, 3.8) is 0 Å². The molecule has 9 nitrogen and oxygen atoms in total. The van der Waals surface area contributed by atoms with Crippen molar-refractivity contribution in [2.75, 3.05) is 6.54 Å². The van der Waals surface area contributed by atoms with E-state index in [1.807, 2.05) is 0 Å². The third-order valence-electron chi connectivity index (χ3n) is 1.33. The zero-order chi connectivity index (χ0) is 10.6. The van der Waals surface area contributed by atoms with E-state index >= 15 is 0 Å². The number of hydrogen-bond acceptors (Lipinski definition) is 6. The second-order valence-electron chi connectivity index (χ2n) is 2.36. The first kappa shape index (κ1) is 10.1. The maximum atomic E-state index is 11.1. The number of primary amides is 1. The minimum Gasteiger partial charge on any atom is -0.381 e. The molecule has 0 aliphatic heterocycles. The molecule has 9 heteroatoms. The van der Waals surface area contributed by atoms with Crippen molar-refractivity contribution in [2.24, 2.45) is 5.73 Å². The number of nitrogens with one attached hydrogen (secondary N) is 2. The van der Waals surface area contributed by atoms with Crippen LogP contribution in [-0.4, -0.2) is 50.2 Å². The molecule has 1 unspecified atom stereocenters. The lowest BCUT2D eigenvalue weighted by Gasteiger charge is -2.05. The van der Waals surface area contributed by atoms with Gasteiger partial charge in [-0.15, -0.1) is 10.2 Å². The Balaban J connectivity index is 2.40. The number of hydrogen-bond donors (Lipinski definition) is 4. The number of aliphatic hydroxyl groups excluding tert-OH is 1. The first-order valence-electron chi connectivity index (χ1n) is 3.60. The van der Waals surface area contributed by atoms with Crippen molar-refractivity contribution >= 4 is 11.8 Å². The quantitative estimate of drug-likeness (QED) is 0.402. The normalized spacial score (nSPS) is 12.1. The van der Waals surface area contributed by atoms with Gasteiger partial charge in [-0.2, -0.15) is 5.21 Å². The fraction of sp³-hybridized carbons (Fsp3) is 0.400. The third kappa shape index (κ3) is 2.48. The summed E-state index contributed by atoms with van der Waals surface area (Å²) < 4.78 is 0. The largest absolute Gasteiger partial charge is 0.381 e. The van der Waals surface area contributed by atoms with Gasteiger partial charge in [-0.1, -0.05) is 0 Å². The monoisotopic (exact) mass is 200 g/mol. The van der Waals surface area contributed by atoms with E-state index in [9.17, 15) is 9.59 Å². The number of aromatic amines is 1. The highest BCUT2D eigenvalue weighted by molar-refractivity contribution is 5.90. The highest BCUT2D eigenvalue weighted by Gasteiger charge is 2.15. The summed E-state index contributed by atoms with van der Waals surface area (Å²) in [5.74, 6) is -1.75. The summed E-state index contributed by atoms with van der Waals surface area (Å²) in [5, 5.41) is 23.1. The van der Waals surface area contributed by atoms with Crippen LogP contribution in [0, 0.1) is 0 Å². The number of tetrazole rings is 1. The Morgan fingerprint density at radius 1 is 1.64 bits per heavy atom. The second kappa shape index (κ2) is 4.28. The fourth-order valence-corrected chi connectivity index (χ4v) is 0.627. The van der Waals surface area contributed by atoms with Crippen LogP contribution < -0.4 is 11.1 Å².